The summed E-state index contributed by atoms with van der Waals surface area (Å²) in [5.41, 5.74) is 0. The van der Waals surface area contributed by atoms with Crippen LogP contribution < -0.4 is 0 Å². The first-order chi connectivity index (χ1) is 10.2. The molecule has 0 aliphatic carbocycles. The topological polar surface area (TPSA) is 86.7 Å². The number of hydrogen-bond donors (Lipinski definition) is 0. The van der Waals surface area contributed by atoms with E-state index in [0.29, 0.717) is 12.8 Å². The smallest absolute Gasteiger partial charge is 0.374 e. The number of carbonyl (C=O) groups excluding carboxylic acids is 4. The van der Waals surface area contributed by atoms with Gasteiger partial charge >= 0.3 is 11.9 Å². The molecule has 0 rings (SSSR count). The lowest BCUT2D eigenvalue weighted by atomic mass is 9.98. The molecule has 0 aromatic carbocycles. The lowest BCUT2D eigenvalue weighted by Gasteiger charge is -2.13. The van der Waals surface area contributed by atoms with E-state index in [0.717, 1.165) is 0 Å². The van der Waals surface area contributed by atoms with E-state index in [9.17, 15) is 19.2 Å². The van der Waals surface area contributed by atoms with Gasteiger partial charge < -0.3 is 9.47 Å². The molecular weight excluding hydrogens is 288 g/mol. The lowest BCUT2D eigenvalue weighted by Crippen LogP contribution is -2.27. The molecule has 22 heavy (non-hydrogen) atoms. The predicted molar refractivity (Wildman–Crippen MR) is 80.1 cm³/mol. The van der Waals surface area contributed by atoms with Gasteiger partial charge in [0, 0.05) is 12.8 Å². The molecule has 0 saturated heterocycles. The summed E-state index contributed by atoms with van der Waals surface area (Å²) in [4.78, 5) is 46.4. The highest BCUT2D eigenvalue weighted by Crippen LogP contribution is 2.11. The van der Waals surface area contributed by atoms with Gasteiger partial charge in [0.05, 0.1) is 12.2 Å². The summed E-state index contributed by atoms with van der Waals surface area (Å²) < 4.78 is 9.83. The van der Waals surface area contributed by atoms with Crippen LogP contribution in [0.25, 0.3) is 0 Å². The predicted octanol–water partition coefficient (Wildman–Crippen LogP) is 2.22. The summed E-state index contributed by atoms with van der Waals surface area (Å²) >= 11 is 0. The second-order valence-corrected chi connectivity index (χ2v) is 5.61. The minimum atomic E-state index is -0.893. The Balaban J connectivity index is 4.29. The minimum absolute atomic E-state index is 0.127. The van der Waals surface area contributed by atoms with E-state index >= 15 is 0 Å². The summed E-state index contributed by atoms with van der Waals surface area (Å²) in [6, 6.07) is 0. The van der Waals surface area contributed by atoms with Crippen LogP contribution in [0.4, 0.5) is 0 Å². The first-order valence-electron chi connectivity index (χ1n) is 7.68. The first-order valence-corrected chi connectivity index (χ1v) is 7.68. The summed E-state index contributed by atoms with van der Waals surface area (Å²) in [5, 5.41) is 0. The summed E-state index contributed by atoms with van der Waals surface area (Å²) in [6.07, 6.45) is 0.343. The normalized spacial score (nSPS) is 14.6. The molecule has 0 saturated carbocycles. The van der Waals surface area contributed by atoms with Gasteiger partial charge in [0.25, 0.3) is 0 Å². The molecule has 0 heterocycles. The molecule has 6 heteroatoms. The Hall–Kier alpha value is -1.72. The zero-order chi connectivity index (χ0) is 17.3. The lowest BCUT2D eigenvalue weighted by molar-refractivity contribution is -0.159. The number of carbonyl (C=O) groups is 4. The van der Waals surface area contributed by atoms with Crippen LogP contribution in [0.3, 0.4) is 0 Å². The van der Waals surface area contributed by atoms with Crippen molar-refractivity contribution in [1.29, 1.82) is 0 Å². The zero-order valence-electron chi connectivity index (χ0n) is 14.0. The van der Waals surface area contributed by atoms with Crippen molar-refractivity contribution >= 4 is 23.5 Å². The Labute approximate surface area is 131 Å². The van der Waals surface area contributed by atoms with Gasteiger partial charge in [-0.25, -0.2) is 9.59 Å². The Kier molecular flexibility index (Phi) is 9.29. The second-order valence-electron chi connectivity index (χ2n) is 5.61. The molecule has 0 aliphatic heterocycles. The van der Waals surface area contributed by atoms with Gasteiger partial charge in [0.15, 0.2) is 0 Å². The molecule has 0 N–H and O–H groups in total. The monoisotopic (exact) mass is 314 g/mol. The molecule has 0 bridgehead atoms. The van der Waals surface area contributed by atoms with Crippen molar-refractivity contribution in [3.05, 3.63) is 0 Å². The van der Waals surface area contributed by atoms with Crippen LogP contribution in [-0.2, 0) is 28.7 Å². The van der Waals surface area contributed by atoms with Crippen LogP contribution in [0.2, 0.25) is 0 Å². The number of hydrogen-bond acceptors (Lipinski definition) is 6. The van der Waals surface area contributed by atoms with E-state index in [1.807, 2.05) is 13.8 Å². The number of esters is 2. The SMILES string of the molecule is CCC(C)OC(=O)C(=O)CC(C)CC(=O)C(=O)OC(C)CC. The minimum Gasteiger partial charge on any atom is -0.457 e. The van der Waals surface area contributed by atoms with E-state index in [-0.39, 0.29) is 25.0 Å². The number of ketones is 2. The van der Waals surface area contributed by atoms with Crippen molar-refractivity contribution < 1.29 is 28.7 Å². The van der Waals surface area contributed by atoms with Crippen LogP contribution in [-0.4, -0.2) is 35.7 Å². The maximum Gasteiger partial charge on any atom is 0.374 e. The summed E-state index contributed by atoms with van der Waals surface area (Å²) in [5.74, 6) is -3.58. The maximum atomic E-state index is 11.7. The van der Waals surface area contributed by atoms with E-state index in [4.69, 9.17) is 9.47 Å². The van der Waals surface area contributed by atoms with Crippen LogP contribution in [0.5, 0.6) is 0 Å². The standard InChI is InChI=1S/C16H26O6/c1-6-11(4)21-15(19)13(17)8-10(3)9-14(18)16(20)22-12(5)7-2/h10-12H,6-9H2,1-5H3. The summed E-state index contributed by atoms with van der Waals surface area (Å²) in [6.45, 7) is 8.70. The molecule has 0 aromatic heterocycles. The third-order valence-electron chi connectivity index (χ3n) is 3.29. The van der Waals surface area contributed by atoms with Gasteiger partial charge in [-0.15, -0.1) is 0 Å². The third-order valence-corrected chi connectivity index (χ3v) is 3.29. The first kappa shape index (κ1) is 20.3. The van der Waals surface area contributed by atoms with Crippen molar-refractivity contribution in [1.82, 2.24) is 0 Å². The molecule has 2 atom stereocenters. The molecule has 0 aliphatic rings. The molecule has 0 fully saturated rings. The molecule has 0 spiro atoms. The zero-order valence-corrected chi connectivity index (χ0v) is 14.0. The fraction of sp³-hybridized carbons (Fsp3) is 0.750. The van der Waals surface area contributed by atoms with Crippen LogP contribution in [0, 0.1) is 5.92 Å². The van der Waals surface area contributed by atoms with Crippen molar-refractivity contribution in [2.75, 3.05) is 0 Å². The Bertz CT molecular complexity index is 377. The van der Waals surface area contributed by atoms with E-state index in [1.54, 1.807) is 20.8 Å². The molecule has 0 amide bonds. The fourth-order valence-electron chi connectivity index (χ4n) is 1.54. The Morgan fingerprint density at radius 2 is 1.05 bits per heavy atom. The van der Waals surface area contributed by atoms with Crippen LogP contribution >= 0.6 is 0 Å². The quantitative estimate of drug-likeness (QED) is 0.454. The number of rotatable bonds is 10. The van der Waals surface area contributed by atoms with Crippen molar-refractivity contribution in [3.63, 3.8) is 0 Å². The molecular formula is C16H26O6. The molecule has 126 valence electrons. The second kappa shape index (κ2) is 10.1. The Morgan fingerprint density at radius 1 is 0.727 bits per heavy atom. The van der Waals surface area contributed by atoms with Gasteiger partial charge in [-0.05, 0) is 32.6 Å². The maximum absolute atomic E-state index is 11.7. The fourth-order valence-corrected chi connectivity index (χ4v) is 1.54. The average Bonchev–Trinajstić information content (AvgIpc) is 2.46. The summed E-state index contributed by atoms with van der Waals surface area (Å²) in [7, 11) is 0. The van der Waals surface area contributed by atoms with E-state index in [1.165, 1.54) is 0 Å². The third kappa shape index (κ3) is 7.90. The number of ether oxygens (including phenoxy) is 2. The van der Waals surface area contributed by atoms with Crippen LogP contribution in [0.1, 0.15) is 60.3 Å². The van der Waals surface area contributed by atoms with Crippen molar-refractivity contribution in [2.24, 2.45) is 5.92 Å². The largest absolute Gasteiger partial charge is 0.457 e. The Morgan fingerprint density at radius 3 is 1.32 bits per heavy atom. The van der Waals surface area contributed by atoms with E-state index in [2.05, 4.69) is 0 Å². The average molecular weight is 314 g/mol. The van der Waals surface area contributed by atoms with Gasteiger partial charge in [0.2, 0.25) is 11.6 Å². The highest BCUT2D eigenvalue weighted by molar-refractivity contribution is 6.35. The van der Waals surface area contributed by atoms with Crippen molar-refractivity contribution in [2.45, 2.75) is 72.5 Å². The molecule has 0 aromatic rings. The number of Topliss-reactive ketones (excluding diaryl/α,β-unsaturated/α-hetero) is 2. The van der Waals surface area contributed by atoms with Crippen molar-refractivity contribution in [3.8, 4) is 0 Å². The van der Waals surface area contributed by atoms with Gasteiger partial charge in [-0.3, -0.25) is 9.59 Å². The highest BCUT2D eigenvalue weighted by atomic mass is 16.6. The van der Waals surface area contributed by atoms with Gasteiger partial charge in [-0.2, -0.15) is 0 Å². The van der Waals surface area contributed by atoms with Gasteiger partial charge in [-0.1, -0.05) is 20.8 Å². The highest BCUT2D eigenvalue weighted by Gasteiger charge is 2.25. The van der Waals surface area contributed by atoms with Crippen LogP contribution in [0.15, 0.2) is 0 Å². The molecule has 6 nitrogen and oxygen atoms in total. The van der Waals surface area contributed by atoms with Gasteiger partial charge in [0.1, 0.15) is 0 Å². The molecule has 0 radical (unpaired) electrons. The molecule has 2 unspecified atom stereocenters. The van der Waals surface area contributed by atoms with E-state index < -0.39 is 29.4 Å².